The van der Waals surface area contributed by atoms with E-state index in [1.165, 1.54) is 4.90 Å². The molecule has 8 heteroatoms. The van der Waals surface area contributed by atoms with Gasteiger partial charge in [0.15, 0.2) is 9.84 Å². The van der Waals surface area contributed by atoms with Crippen molar-refractivity contribution in [3.63, 3.8) is 0 Å². The number of nitrogens with zero attached hydrogens (tertiary/aromatic N) is 1. The first-order valence-electron chi connectivity index (χ1n) is 6.23. The normalized spacial score (nSPS) is 21.6. The third kappa shape index (κ3) is 2.76. The average molecular weight is 317 g/mol. The van der Waals surface area contributed by atoms with Crippen LogP contribution in [0.2, 0.25) is 0 Å². The molecule has 0 spiro atoms. The van der Waals surface area contributed by atoms with Gasteiger partial charge in [-0.25, -0.2) is 8.42 Å². The van der Waals surface area contributed by atoms with Gasteiger partial charge in [-0.15, -0.1) is 11.3 Å². The van der Waals surface area contributed by atoms with Gasteiger partial charge in [0.2, 0.25) is 0 Å². The molecule has 1 aliphatic carbocycles. The maximum absolute atomic E-state index is 12.1. The largest absolute Gasteiger partial charge is 0.396 e. The molecular weight excluding hydrogens is 298 g/mol. The number of amides is 1. The van der Waals surface area contributed by atoms with E-state index in [0.717, 1.165) is 24.0 Å². The van der Waals surface area contributed by atoms with Crippen LogP contribution in [0.25, 0.3) is 0 Å². The smallest absolute Gasteiger partial charge is 0.265 e. The Morgan fingerprint density at radius 2 is 2.00 bits per heavy atom. The molecule has 1 aromatic rings. The van der Waals surface area contributed by atoms with Crippen molar-refractivity contribution in [1.82, 2.24) is 4.90 Å². The number of anilines is 2. The van der Waals surface area contributed by atoms with Crippen molar-refractivity contribution in [2.24, 2.45) is 5.92 Å². The van der Waals surface area contributed by atoms with Crippen molar-refractivity contribution in [3.05, 3.63) is 4.88 Å². The summed E-state index contributed by atoms with van der Waals surface area (Å²) < 4.78 is 23.9. The fourth-order valence-electron chi connectivity index (χ4n) is 1.95. The fourth-order valence-corrected chi connectivity index (χ4v) is 4.59. The van der Waals surface area contributed by atoms with Crippen LogP contribution in [0.3, 0.4) is 0 Å². The zero-order valence-electron chi connectivity index (χ0n) is 11.9. The van der Waals surface area contributed by atoms with E-state index >= 15 is 0 Å². The highest BCUT2D eigenvalue weighted by atomic mass is 32.2. The van der Waals surface area contributed by atoms with Crippen molar-refractivity contribution in [1.29, 1.82) is 0 Å². The van der Waals surface area contributed by atoms with Crippen molar-refractivity contribution in [3.8, 4) is 0 Å². The lowest BCUT2D eigenvalue weighted by atomic mass is 10.3. The number of nitrogen functional groups attached to an aromatic ring is 1. The van der Waals surface area contributed by atoms with Gasteiger partial charge in [0, 0.05) is 26.4 Å². The number of nitrogens with two attached hydrogens (primary N) is 1. The van der Waals surface area contributed by atoms with Gasteiger partial charge in [-0.2, -0.15) is 0 Å². The lowest BCUT2D eigenvalue weighted by Crippen LogP contribution is -2.21. The number of thiophene rings is 1. The van der Waals surface area contributed by atoms with Gasteiger partial charge < -0.3 is 16.0 Å². The van der Waals surface area contributed by atoms with Crippen LogP contribution >= 0.6 is 11.3 Å². The predicted molar refractivity (Wildman–Crippen MR) is 81.1 cm³/mol. The molecule has 0 bridgehead atoms. The Labute approximate surface area is 122 Å². The Balaban J connectivity index is 2.49. The van der Waals surface area contributed by atoms with E-state index in [4.69, 9.17) is 5.73 Å². The highest BCUT2D eigenvalue weighted by Gasteiger charge is 2.36. The van der Waals surface area contributed by atoms with Crippen molar-refractivity contribution >= 4 is 37.8 Å². The summed E-state index contributed by atoms with van der Waals surface area (Å²) >= 11 is 1.11. The average Bonchev–Trinajstić information content (AvgIpc) is 2.86. The number of carbonyl (C=O) groups is 1. The molecule has 6 nitrogen and oxygen atoms in total. The summed E-state index contributed by atoms with van der Waals surface area (Å²) in [5.74, 6) is 0.230. The minimum atomic E-state index is -3.49. The molecule has 1 heterocycles. The summed E-state index contributed by atoms with van der Waals surface area (Å²) in [7, 11) is -0.268. The van der Waals surface area contributed by atoms with Gasteiger partial charge in [-0.1, -0.05) is 6.92 Å². The Morgan fingerprint density at radius 3 is 2.40 bits per heavy atom. The monoisotopic (exact) mass is 317 g/mol. The lowest BCUT2D eigenvalue weighted by molar-refractivity contribution is 0.0833. The molecule has 2 rings (SSSR count). The van der Waals surface area contributed by atoms with Crippen LogP contribution in [0, 0.1) is 5.92 Å². The summed E-state index contributed by atoms with van der Waals surface area (Å²) in [5, 5.41) is 3.66. The quantitative estimate of drug-likeness (QED) is 0.872. The van der Waals surface area contributed by atoms with Crippen molar-refractivity contribution < 1.29 is 13.2 Å². The van der Waals surface area contributed by atoms with E-state index in [-0.39, 0.29) is 27.4 Å². The minimum Gasteiger partial charge on any atom is -0.396 e. The Morgan fingerprint density at radius 1 is 1.45 bits per heavy atom. The van der Waals surface area contributed by atoms with Crippen LogP contribution in [0.1, 0.15) is 23.0 Å². The third-order valence-corrected chi connectivity index (χ3v) is 5.72. The molecule has 3 N–H and O–H groups in total. The van der Waals surface area contributed by atoms with Crippen LogP contribution in [0.4, 0.5) is 10.7 Å². The summed E-state index contributed by atoms with van der Waals surface area (Å²) in [6, 6.07) is 0.260. The first-order chi connectivity index (χ1) is 9.12. The molecule has 1 amide bonds. The van der Waals surface area contributed by atoms with Crippen molar-refractivity contribution in [2.45, 2.75) is 24.3 Å². The molecule has 2 unspecified atom stereocenters. The van der Waals surface area contributed by atoms with Crippen LogP contribution in [-0.4, -0.2) is 45.6 Å². The number of nitrogens with one attached hydrogen (secondary N) is 1. The topological polar surface area (TPSA) is 92.5 Å². The van der Waals surface area contributed by atoms with Crippen molar-refractivity contribution in [2.75, 3.05) is 31.4 Å². The van der Waals surface area contributed by atoms with Gasteiger partial charge >= 0.3 is 0 Å². The summed E-state index contributed by atoms with van der Waals surface area (Å²) in [5.41, 5.74) is 5.95. The van der Waals surface area contributed by atoms with Gasteiger partial charge in [0.25, 0.3) is 5.91 Å². The first kappa shape index (κ1) is 15.1. The van der Waals surface area contributed by atoms with Gasteiger partial charge in [0.1, 0.15) is 14.8 Å². The van der Waals surface area contributed by atoms with Gasteiger partial charge in [-0.3, -0.25) is 4.79 Å². The summed E-state index contributed by atoms with van der Waals surface area (Å²) in [6.07, 6.45) is 2.11. The molecule has 2 atom stereocenters. The highest BCUT2D eigenvalue weighted by molar-refractivity contribution is 7.91. The fraction of sp³-hybridized carbons (Fsp3) is 0.583. The number of sulfone groups is 1. The maximum atomic E-state index is 12.1. The molecule has 0 aromatic carbocycles. The molecule has 1 saturated carbocycles. The zero-order chi connectivity index (χ0) is 15.2. The second-order valence-corrected chi connectivity index (χ2v) is 8.41. The van der Waals surface area contributed by atoms with Crippen LogP contribution < -0.4 is 11.1 Å². The van der Waals surface area contributed by atoms with E-state index in [2.05, 4.69) is 12.2 Å². The van der Waals surface area contributed by atoms with E-state index in [1.807, 2.05) is 0 Å². The second kappa shape index (κ2) is 4.92. The number of carbonyl (C=O) groups excluding carboxylic acids is 1. The lowest BCUT2D eigenvalue weighted by Gasteiger charge is -2.08. The maximum Gasteiger partial charge on any atom is 0.265 e. The molecule has 1 aliphatic rings. The molecule has 20 heavy (non-hydrogen) atoms. The molecule has 1 aromatic heterocycles. The predicted octanol–water partition coefficient (Wildman–Crippen LogP) is 1.26. The molecule has 0 aliphatic heterocycles. The van der Waals surface area contributed by atoms with Crippen LogP contribution in [0.15, 0.2) is 4.90 Å². The number of hydrogen-bond donors (Lipinski definition) is 2. The first-order valence-corrected chi connectivity index (χ1v) is 8.94. The summed E-state index contributed by atoms with van der Waals surface area (Å²) in [4.78, 5) is 13.8. The van der Waals surface area contributed by atoms with E-state index in [9.17, 15) is 13.2 Å². The highest BCUT2D eigenvalue weighted by Crippen LogP contribution is 2.43. The second-order valence-electron chi connectivity index (χ2n) is 5.44. The summed E-state index contributed by atoms with van der Waals surface area (Å²) in [6.45, 7) is 2.08. The van der Waals surface area contributed by atoms with Gasteiger partial charge in [0.05, 0.1) is 5.69 Å². The van der Waals surface area contributed by atoms with Crippen LogP contribution in [0.5, 0.6) is 0 Å². The number of rotatable bonds is 4. The van der Waals surface area contributed by atoms with Crippen LogP contribution in [-0.2, 0) is 9.84 Å². The molecular formula is C12H19N3O3S2. The Kier molecular flexibility index (Phi) is 3.72. The zero-order valence-corrected chi connectivity index (χ0v) is 13.6. The van der Waals surface area contributed by atoms with Gasteiger partial charge in [-0.05, 0) is 12.3 Å². The molecule has 112 valence electrons. The standard InChI is InChI=1S/C12H19N3O3S2/c1-6-5-7(6)14-11-10(20(4,17)18)8(13)9(19-11)12(16)15(2)3/h6-7,14H,5,13H2,1-4H3. The van der Waals surface area contributed by atoms with E-state index in [0.29, 0.717) is 10.9 Å². The third-order valence-electron chi connectivity index (χ3n) is 3.30. The Hall–Kier alpha value is -1.28. The molecule has 0 radical (unpaired) electrons. The minimum absolute atomic E-state index is 0.0480. The molecule has 1 fully saturated rings. The SMILES string of the molecule is CC1CC1Nc1sc(C(=O)N(C)C)c(N)c1S(C)(=O)=O. The van der Waals surface area contributed by atoms with E-state index in [1.54, 1.807) is 14.1 Å². The Bertz CT molecular complexity index is 649. The molecule has 0 saturated heterocycles. The number of hydrogen-bond acceptors (Lipinski definition) is 6. The van der Waals surface area contributed by atoms with E-state index < -0.39 is 9.84 Å².